The van der Waals surface area contributed by atoms with Crippen molar-refractivity contribution in [1.82, 2.24) is 0 Å². The quantitative estimate of drug-likeness (QED) is 0.491. The van der Waals surface area contributed by atoms with Gasteiger partial charge in [0.05, 0.1) is 17.0 Å². The van der Waals surface area contributed by atoms with Crippen molar-refractivity contribution in [3.05, 3.63) is 69.7 Å². The van der Waals surface area contributed by atoms with Gasteiger partial charge in [0, 0.05) is 16.1 Å². The van der Waals surface area contributed by atoms with Gasteiger partial charge in [-0.1, -0.05) is 41.4 Å². The van der Waals surface area contributed by atoms with Gasteiger partial charge in [-0.15, -0.1) is 0 Å². The number of carbonyl (C=O) groups is 3. The lowest BCUT2D eigenvalue weighted by Crippen LogP contribution is -2.21. The normalized spacial score (nSPS) is 10.6. The number of anilines is 1. The minimum absolute atomic E-state index is 0.0527. The summed E-state index contributed by atoms with van der Waals surface area (Å²) in [4.78, 5) is 34.8. The molecule has 1 amide bonds. The Kier molecular flexibility index (Phi) is 6.44. The molecule has 0 aliphatic carbocycles. The maximum Gasteiger partial charge on any atom is 0.335 e. The molecule has 3 rings (SSSR count). The molecular formula is C21H15Cl2NO6. The third-order valence-electron chi connectivity index (χ3n) is 4.17. The number of amides is 1. The highest BCUT2D eigenvalue weighted by molar-refractivity contribution is 6.39. The van der Waals surface area contributed by atoms with Gasteiger partial charge in [-0.25, -0.2) is 4.79 Å². The molecule has 30 heavy (non-hydrogen) atoms. The number of carboxylic acids is 2. The molecule has 0 unspecified atom stereocenters. The molecule has 0 aliphatic rings. The van der Waals surface area contributed by atoms with E-state index in [0.29, 0.717) is 27.0 Å². The second kappa shape index (κ2) is 9.02. The number of para-hydroxylation sites is 1. The number of rotatable bonds is 7. The predicted molar refractivity (Wildman–Crippen MR) is 113 cm³/mol. The van der Waals surface area contributed by atoms with Crippen LogP contribution in [-0.4, -0.2) is 34.7 Å². The third kappa shape index (κ3) is 5.00. The van der Waals surface area contributed by atoms with Crippen LogP contribution in [0.3, 0.4) is 0 Å². The smallest absolute Gasteiger partial charge is 0.335 e. The predicted octanol–water partition coefficient (Wildman–Crippen LogP) is 4.49. The fraction of sp³-hybridized carbons (Fsp3) is 0.0952. The minimum Gasteiger partial charge on any atom is -0.483 e. The number of hydrogen-bond acceptors (Lipinski definition) is 4. The van der Waals surface area contributed by atoms with Gasteiger partial charge in [0.15, 0.2) is 6.61 Å². The van der Waals surface area contributed by atoms with Crippen LogP contribution in [0.25, 0.3) is 10.8 Å². The number of fused-ring (bicyclic) bond motifs is 1. The molecule has 7 nitrogen and oxygen atoms in total. The molecule has 9 heteroatoms. The molecule has 0 saturated carbocycles. The fourth-order valence-electron chi connectivity index (χ4n) is 2.92. The van der Waals surface area contributed by atoms with Gasteiger partial charge in [0.25, 0.3) is 5.91 Å². The Morgan fingerprint density at radius 2 is 1.73 bits per heavy atom. The number of ether oxygens (including phenoxy) is 1. The average molecular weight is 448 g/mol. The number of carboxylic acid groups (broad SMARTS) is 2. The molecule has 3 N–H and O–H groups in total. The molecule has 3 aromatic carbocycles. The molecule has 3 aromatic rings. The zero-order chi connectivity index (χ0) is 21.8. The van der Waals surface area contributed by atoms with Crippen LogP contribution in [0.1, 0.15) is 15.9 Å². The van der Waals surface area contributed by atoms with E-state index in [9.17, 15) is 19.5 Å². The van der Waals surface area contributed by atoms with Crippen LogP contribution in [0.4, 0.5) is 5.69 Å². The van der Waals surface area contributed by atoms with Gasteiger partial charge in [-0.05, 0) is 41.3 Å². The second-order valence-electron chi connectivity index (χ2n) is 6.33. The Labute approximate surface area is 180 Å². The summed E-state index contributed by atoms with van der Waals surface area (Å²) >= 11 is 12.2. The number of hydrogen-bond donors (Lipinski definition) is 3. The van der Waals surface area contributed by atoms with Gasteiger partial charge < -0.3 is 20.3 Å². The molecule has 0 saturated heterocycles. The van der Waals surface area contributed by atoms with E-state index < -0.39 is 24.5 Å². The summed E-state index contributed by atoms with van der Waals surface area (Å²) in [6.07, 6.45) is -0.251. The lowest BCUT2D eigenvalue weighted by atomic mass is 10.1. The largest absolute Gasteiger partial charge is 0.483 e. The topological polar surface area (TPSA) is 113 Å². The van der Waals surface area contributed by atoms with E-state index in [0.717, 1.165) is 0 Å². The highest BCUT2D eigenvalue weighted by Gasteiger charge is 2.16. The highest BCUT2D eigenvalue weighted by atomic mass is 35.5. The minimum atomic E-state index is -1.18. The molecule has 0 fully saturated rings. The van der Waals surface area contributed by atoms with Crippen molar-refractivity contribution in [3.63, 3.8) is 0 Å². The summed E-state index contributed by atoms with van der Waals surface area (Å²) in [5.74, 6) is -2.64. The van der Waals surface area contributed by atoms with Crippen molar-refractivity contribution >= 4 is 57.5 Å². The van der Waals surface area contributed by atoms with E-state index >= 15 is 0 Å². The van der Waals surface area contributed by atoms with Crippen LogP contribution >= 0.6 is 23.2 Å². The summed E-state index contributed by atoms with van der Waals surface area (Å²) in [5.41, 5.74) is 0.736. The molecule has 0 atom stereocenters. The number of aliphatic carboxylic acids is 1. The van der Waals surface area contributed by atoms with E-state index in [1.54, 1.807) is 30.3 Å². The molecule has 0 radical (unpaired) electrons. The van der Waals surface area contributed by atoms with Gasteiger partial charge in [-0.2, -0.15) is 0 Å². The summed E-state index contributed by atoms with van der Waals surface area (Å²) in [7, 11) is 0. The first-order chi connectivity index (χ1) is 14.2. The van der Waals surface area contributed by atoms with Crippen molar-refractivity contribution in [2.45, 2.75) is 6.42 Å². The number of aromatic carboxylic acids is 1. The highest BCUT2D eigenvalue weighted by Crippen LogP contribution is 2.36. The molecule has 154 valence electrons. The average Bonchev–Trinajstić information content (AvgIpc) is 2.66. The van der Waals surface area contributed by atoms with Crippen LogP contribution < -0.4 is 10.1 Å². The van der Waals surface area contributed by atoms with Crippen molar-refractivity contribution in [3.8, 4) is 5.75 Å². The van der Waals surface area contributed by atoms with E-state index in [4.69, 9.17) is 33.0 Å². The second-order valence-corrected chi connectivity index (χ2v) is 7.17. The molecule has 0 aromatic heterocycles. The van der Waals surface area contributed by atoms with Gasteiger partial charge in [-0.3, -0.25) is 9.59 Å². The Bertz CT molecular complexity index is 1160. The summed E-state index contributed by atoms with van der Waals surface area (Å²) in [6, 6.07) is 12.2. The Hall–Kier alpha value is -3.29. The molecule has 0 heterocycles. The Morgan fingerprint density at radius 1 is 1.00 bits per heavy atom. The van der Waals surface area contributed by atoms with Gasteiger partial charge in [0.2, 0.25) is 0 Å². The molecule has 0 spiro atoms. The van der Waals surface area contributed by atoms with Crippen LogP contribution in [0.15, 0.2) is 48.5 Å². The monoisotopic (exact) mass is 447 g/mol. The summed E-state index contributed by atoms with van der Waals surface area (Å²) in [5, 5.41) is 22.4. The van der Waals surface area contributed by atoms with Crippen molar-refractivity contribution in [2.24, 2.45) is 0 Å². The number of benzene rings is 3. The first kappa shape index (κ1) is 21.4. The molecule has 0 aliphatic heterocycles. The van der Waals surface area contributed by atoms with Crippen molar-refractivity contribution < 1.29 is 29.3 Å². The lowest BCUT2D eigenvalue weighted by molar-refractivity contribution is -0.136. The van der Waals surface area contributed by atoms with Gasteiger partial charge >= 0.3 is 11.9 Å². The fourth-order valence-corrected chi connectivity index (χ4v) is 3.52. The molecular weight excluding hydrogens is 433 g/mol. The SMILES string of the molecule is O=C(O)Cc1ccccc1NC(=O)COc1cc(C(=O)O)cc2cc(Cl)cc(Cl)c12. The zero-order valence-corrected chi connectivity index (χ0v) is 16.8. The standard InChI is InChI=1S/C21H15Cl2NO6/c22-14-6-12-5-13(21(28)29)7-17(20(12)15(23)9-14)30-10-18(25)24-16-4-2-1-3-11(16)8-19(26)27/h1-7,9H,8,10H2,(H,24,25)(H,26,27)(H,28,29). The third-order valence-corrected chi connectivity index (χ3v) is 4.68. The first-order valence-corrected chi connectivity index (χ1v) is 9.38. The van der Waals surface area contributed by atoms with Crippen LogP contribution in [0.2, 0.25) is 10.0 Å². The van der Waals surface area contributed by atoms with E-state index in [1.165, 1.54) is 18.2 Å². The first-order valence-electron chi connectivity index (χ1n) is 8.63. The van der Waals surface area contributed by atoms with E-state index in [2.05, 4.69) is 5.32 Å². The Morgan fingerprint density at radius 3 is 2.43 bits per heavy atom. The lowest BCUT2D eigenvalue weighted by Gasteiger charge is -2.13. The molecule has 0 bridgehead atoms. The van der Waals surface area contributed by atoms with Gasteiger partial charge in [0.1, 0.15) is 5.75 Å². The van der Waals surface area contributed by atoms with Crippen LogP contribution in [0, 0.1) is 0 Å². The van der Waals surface area contributed by atoms with E-state index in [-0.39, 0.29) is 22.8 Å². The maximum atomic E-state index is 12.4. The van der Waals surface area contributed by atoms with Crippen LogP contribution in [0.5, 0.6) is 5.75 Å². The van der Waals surface area contributed by atoms with Crippen LogP contribution in [-0.2, 0) is 16.0 Å². The van der Waals surface area contributed by atoms with Crippen molar-refractivity contribution in [2.75, 3.05) is 11.9 Å². The van der Waals surface area contributed by atoms with E-state index in [1.807, 2.05) is 0 Å². The van der Waals surface area contributed by atoms with Crippen molar-refractivity contribution in [1.29, 1.82) is 0 Å². The summed E-state index contributed by atoms with van der Waals surface area (Å²) < 4.78 is 5.57. The summed E-state index contributed by atoms with van der Waals surface area (Å²) in [6.45, 7) is -0.446. The number of nitrogens with one attached hydrogen (secondary N) is 1. The maximum absolute atomic E-state index is 12.4. The zero-order valence-electron chi connectivity index (χ0n) is 15.3. The Balaban J connectivity index is 1.84. The number of carbonyl (C=O) groups excluding carboxylic acids is 1. The number of halogens is 2.